The summed E-state index contributed by atoms with van der Waals surface area (Å²) in [6.45, 7) is 9.00. The molecule has 0 rings (SSSR count). The molecule has 0 aliphatic rings. The second kappa shape index (κ2) is 8.88. The number of carbonyl (C=O) groups is 2. The van der Waals surface area contributed by atoms with E-state index in [4.69, 9.17) is 5.73 Å². The maximum absolute atomic E-state index is 11.9. The maximum Gasteiger partial charge on any atom is 0.242 e. The molecule has 106 valence electrons. The summed E-state index contributed by atoms with van der Waals surface area (Å²) < 4.78 is 0. The molecule has 0 spiro atoms. The summed E-state index contributed by atoms with van der Waals surface area (Å²) >= 11 is 0. The standard InChI is InChI=1S/C12H26N4O2/c1-5-14-12(18)10(8(2)3)16-11(17)9(4)15-7-6-13/h8-10,15H,5-7,13H2,1-4H3,(H,14,18)(H,16,17)/t9?,10-/m0/s1. The molecule has 0 aromatic rings. The Morgan fingerprint density at radius 3 is 2.22 bits per heavy atom. The summed E-state index contributed by atoms with van der Waals surface area (Å²) in [4.78, 5) is 23.7. The van der Waals surface area contributed by atoms with E-state index in [1.54, 1.807) is 6.92 Å². The normalized spacial score (nSPS) is 14.1. The van der Waals surface area contributed by atoms with E-state index in [2.05, 4.69) is 16.0 Å². The molecular formula is C12H26N4O2. The molecule has 0 saturated carbocycles. The molecule has 2 amide bonds. The fourth-order valence-corrected chi connectivity index (χ4v) is 1.49. The van der Waals surface area contributed by atoms with Crippen molar-refractivity contribution in [2.24, 2.45) is 11.7 Å². The Balaban J connectivity index is 4.40. The first-order valence-electron chi connectivity index (χ1n) is 6.45. The average Bonchev–Trinajstić information content (AvgIpc) is 2.32. The molecule has 0 aromatic carbocycles. The lowest BCUT2D eigenvalue weighted by atomic mass is 10.0. The van der Waals surface area contributed by atoms with Gasteiger partial charge in [0.1, 0.15) is 6.04 Å². The van der Waals surface area contributed by atoms with Gasteiger partial charge in [-0.05, 0) is 19.8 Å². The third-order valence-electron chi connectivity index (χ3n) is 2.59. The lowest BCUT2D eigenvalue weighted by Crippen LogP contribution is -2.54. The lowest BCUT2D eigenvalue weighted by Gasteiger charge is -2.23. The number of carbonyl (C=O) groups excluding carboxylic acids is 2. The van der Waals surface area contributed by atoms with Crippen molar-refractivity contribution in [1.82, 2.24) is 16.0 Å². The Morgan fingerprint density at radius 1 is 1.17 bits per heavy atom. The molecule has 0 bridgehead atoms. The molecule has 6 nitrogen and oxygen atoms in total. The zero-order valence-corrected chi connectivity index (χ0v) is 11.7. The van der Waals surface area contributed by atoms with E-state index < -0.39 is 6.04 Å². The van der Waals surface area contributed by atoms with Crippen molar-refractivity contribution in [3.05, 3.63) is 0 Å². The van der Waals surface area contributed by atoms with Crippen LogP contribution in [-0.2, 0) is 9.59 Å². The highest BCUT2D eigenvalue weighted by molar-refractivity contribution is 5.89. The molecule has 5 N–H and O–H groups in total. The highest BCUT2D eigenvalue weighted by Gasteiger charge is 2.25. The van der Waals surface area contributed by atoms with Gasteiger partial charge in [-0.3, -0.25) is 9.59 Å². The van der Waals surface area contributed by atoms with E-state index in [0.717, 1.165) is 0 Å². The van der Waals surface area contributed by atoms with Crippen LogP contribution in [-0.4, -0.2) is 43.5 Å². The Labute approximate surface area is 109 Å². The fourth-order valence-electron chi connectivity index (χ4n) is 1.49. The smallest absolute Gasteiger partial charge is 0.242 e. The van der Waals surface area contributed by atoms with Crippen molar-refractivity contribution in [3.63, 3.8) is 0 Å². The molecule has 18 heavy (non-hydrogen) atoms. The van der Waals surface area contributed by atoms with Crippen LogP contribution < -0.4 is 21.7 Å². The second-order valence-electron chi connectivity index (χ2n) is 4.59. The van der Waals surface area contributed by atoms with Gasteiger partial charge in [0, 0.05) is 19.6 Å². The largest absolute Gasteiger partial charge is 0.355 e. The summed E-state index contributed by atoms with van der Waals surface area (Å²) in [7, 11) is 0. The monoisotopic (exact) mass is 258 g/mol. The number of likely N-dealkylation sites (N-methyl/N-ethyl adjacent to an activating group) is 1. The van der Waals surface area contributed by atoms with Crippen molar-refractivity contribution in [3.8, 4) is 0 Å². The van der Waals surface area contributed by atoms with Gasteiger partial charge in [-0.1, -0.05) is 13.8 Å². The quantitative estimate of drug-likeness (QED) is 0.458. The van der Waals surface area contributed by atoms with E-state index in [-0.39, 0.29) is 23.8 Å². The van der Waals surface area contributed by atoms with Crippen LogP contribution in [0.3, 0.4) is 0 Å². The van der Waals surface area contributed by atoms with Gasteiger partial charge in [0.25, 0.3) is 0 Å². The SMILES string of the molecule is CCNC(=O)[C@@H](NC(=O)C(C)NCCN)C(C)C. The highest BCUT2D eigenvalue weighted by atomic mass is 16.2. The Hall–Kier alpha value is -1.14. The van der Waals surface area contributed by atoms with Gasteiger partial charge in [-0.15, -0.1) is 0 Å². The molecule has 1 unspecified atom stereocenters. The summed E-state index contributed by atoms with van der Waals surface area (Å²) in [5, 5.41) is 8.45. The number of nitrogens with two attached hydrogens (primary N) is 1. The summed E-state index contributed by atoms with van der Waals surface area (Å²) in [6.07, 6.45) is 0. The predicted octanol–water partition coefficient (Wildman–Crippen LogP) is -0.800. The first-order valence-corrected chi connectivity index (χ1v) is 6.45. The van der Waals surface area contributed by atoms with E-state index in [1.165, 1.54) is 0 Å². The number of nitrogens with one attached hydrogen (secondary N) is 3. The van der Waals surface area contributed by atoms with Crippen molar-refractivity contribution < 1.29 is 9.59 Å². The highest BCUT2D eigenvalue weighted by Crippen LogP contribution is 2.02. The maximum atomic E-state index is 11.9. The van der Waals surface area contributed by atoms with Gasteiger partial charge in [0.05, 0.1) is 6.04 Å². The molecule has 0 aliphatic carbocycles. The van der Waals surface area contributed by atoms with Crippen molar-refractivity contribution in [2.45, 2.75) is 39.8 Å². The number of rotatable bonds is 8. The van der Waals surface area contributed by atoms with Crippen LogP contribution in [0.15, 0.2) is 0 Å². The Morgan fingerprint density at radius 2 is 1.78 bits per heavy atom. The van der Waals surface area contributed by atoms with E-state index >= 15 is 0 Å². The Kier molecular flexibility index (Phi) is 8.32. The Bertz CT molecular complexity index is 269. The molecule has 0 aromatic heterocycles. The molecule has 6 heteroatoms. The molecular weight excluding hydrogens is 232 g/mol. The average molecular weight is 258 g/mol. The van der Waals surface area contributed by atoms with Crippen LogP contribution in [0.4, 0.5) is 0 Å². The summed E-state index contributed by atoms with van der Waals surface area (Å²) in [6, 6.07) is -0.858. The van der Waals surface area contributed by atoms with Gasteiger partial charge in [0.15, 0.2) is 0 Å². The van der Waals surface area contributed by atoms with Crippen LogP contribution in [0, 0.1) is 5.92 Å². The number of amides is 2. The third kappa shape index (κ3) is 5.97. The molecule has 0 saturated heterocycles. The van der Waals surface area contributed by atoms with Gasteiger partial charge < -0.3 is 21.7 Å². The van der Waals surface area contributed by atoms with Crippen molar-refractivity contribution in [2.75, 3.05) is 19.6 Å². The van der Waals surface area contributed by atoms with Crippen molar-refractivity contribution in [1.29, 1.82) is 0 Å². The molecule has 0 aliphatic heterocycles. The van der Waals surface area contributed by atoms with E-state index in [0.29, 0.717) is 19.6 Å². The topological polar surface area (TPSA) is 96.2 Å². The van der Waals surface area contributed by atoms with E-state index in [9.17, 15) is 9.59 Å². The number of hydrogen-bond acceptors (Lipinski definition) is 4. The van der Waals surface area contributed by atoms with Gasteiger partial charge in [0.2, 0.25) is 11.8 Å². The predicted molar refractivity (Wildman–Crippen MR) is 72.0 cm³/mol. The zero-order valence-electron chi connectivity index (χ0n) is 11.7. The minimum atomic E-state index is -0.500. The number of hydrogen-bond donors (Lipinski definition) is 4. The fraction of sp³-hybridized carbons (Fsp3) is 0.833. The van der Waals surface area contributed by atoms with Crippen LogP contribution in [0.2, 0.25) is 0 Å². The molecule has 2 atom stereocenters. The van der Waals surface area contributed by atoms with Crippen LogP contribution in [0.25, 0.3) is 0 Å². The third-order valence-corrected chi connectivity index (χ3v) is 2.59. The molecule has 0 heterocycles. The summed E-state index contributed by atoms with van der Waals surface area (Å²) in [5.74, 6) is -0.289. The van der Waals surface area contributed by atoms with Gasteiger partial charge in [-0.25, -0.2) is 0 Å². The molecule has 0 fully saturated rings. The first kappa shape index (κ1) is 16.9. The van der Waals surface area contributed by atoms with Crippen LogP contribution in [0.5, 0.6) is 0 Å². The minimum Gasteiger partial charge on any atom is -0.355 e. The first-order chi connectivity index (χ1) is 8.43. The van der Waals surface area contributed by atoms with Gasteiger partial charge >= 0.3 is 0 Å². The van der Waals surface area contributed by atoms with Crippen LogP contribution >= 0.6 is 0 Å². The zero-order chi connectivity index (χ0) is 14.1. The molecule has 0 radical (unpaired) electrons. The lowest BCUT2D eigenvalue weighted by molar-refractivity contribution is -0.130. The van der Waals surface area contributed by atoms with Gasteiger partial charge in [-0.2, -0.15) is 0 Å². The minimum absolute atomic E-state index is 0.0437. The van der Waals surface area contributed by atoms with E-state index in [1.807, 2.05) is 20.8 Å². The second-order valence-corrected chi connectivity index (χ2v) is 4.59. The van der Waals surface area contributed by atoms with Crippen LogP contribution in [0.1, 0.15) is 27.7 Å². The van der Waals surface area contributed by atoms with Crippen molar-refractivity contribution >= 4 is 11.8 Å². The summed E-state index contributed by atoms with van der Waals surface area (Å²) in [5.41, 5.74) is 5.36.